The van der Waals surface area contributed by atoms with Gasteiger partial charge in [0.25, 0.3) is 0 Å². The minimum absolute atomic E-state index is 0.125. The minimum atomic E-state index is -0.125. The number of rotatable bonds is 2. The van der Waals surface area contributed by atoms with Crippen LogP contribution in [0.15, 0.2) is 181 Å². The molecule has 0 aliphatic carbocycles. The van der Waals surface area contributed by atoms with Crippen molar-refractivity contribution < 1.29 is 20.4 Å². The first-order valence-corrected chi connectivity index (χ1v) is 12.7. The summed E-state index contributed by atoms with van der Waals surface area (Å²) in [6.45, 7) is 78.2. The lowest BCUT2D eigenvalue weighted by Crippen LogP contribution is -1.85. The summed E-state index contributed by atoms with van der Waals surface area (Å²) in [6, 6.07) is 0. The monoisotopic (exact) mass is 615 g/mol. The van der Waals surface area contributed by atoms with Gasteiger partial charge in [-0.1, -0.05) is 42.5 Å². The van der Waals surface area contributed by atoms with Crippen LogP contribution >= 0.6 is 0 Å². The van der Waals surface area contributed by atoms with Crippen molar-refractivity contribution in [2.45, 2.75) is 48.5 Å². The van der Waals surface area contributed by atoms with Crippen molar-refractivity contribution in [3.05, 3.63) is 181 Å². The first kappa shape index (κ1) is 106. The van der Waals surface area contributed by atoms with E-state index in [4.69, 9.17) is 20.4 Å². The van der Waals surface area contributed by atoms with Crippen molar-refractivity contribution in [2.75, 3.05) is 26.4 Å². The maximum absolute atomic E-state index is 7.62. The molecule has 0 aromatic rings. The Morgan fingerprint density at radius 1 is 0.256 bits per heavy atom. The van der Waals surface area contributed by atoms with Gasteiger partial charge in [0.2, 0.25) is 0 Å². The van der Waals surface area contributed by atoms with Crippen molar-refractivity contribution in [1.29, 1.82) is 0 Å². The summed E-state index contributed by atoms with van der Waals surface area (Å²) in [6.07, 6.45) is 12.2. The van der Waals surface area contributed by atoms with Gasteiger partial charge in [-0.25, -0.2) is 0 Å². The lowest BCUT2D eigenvalue weighted by Gasteiger charge is -1.70. The molecule has 0 aliphatic heterocycles. The van der Waals surface area contributed by atoms with Gasteiger partial charge in [0.15, 0.2) is 0 Å². The van der Waals surface area contributed by atoms with E-state index in [0.717, 1.165) is 0 Å². The second-order valence-electron chi connectivity index (χ2n) is 3.75. The van der Waals surface area contributed by atoms with Crippen LogP contribution in [0.25, 0.3) is 0 Å². The standard InChI is InChI=1S/7C3H6.2C2H6O2.7C2H4/c7*1-3-2;2*3-1-2-4;7*1-2/h7*3H,1H2,2H3;2*3-4H,1-2H2;7*1-2H2. The predicted octanol–water partition coefficient (Wildman–Crippen LogP) is 11.9. The van der Waals surface area contributed by atoms with Crippen LogP contribution in [0, 0.1) is 0 Å². The van der Waals surface area contributed by atoms with Gasteiger partial charge >= 0.3 is 0 Å². The fourth-order valence-corrected chi connectivity index (χ4v) is 0. The van der Waals surface area contributed by atoms with Gasteiger partial charge in [-0.2, -0.15) is 0 Å². The highest BCUT2D eigenvalue weighted by molar-refractivity contribution is 4.53. The molecule has 0 unspecified atom stereocenters. The van der Waals surface area contributed by atoms with E-state index >= 15 is 0 Å². The Bertz CT molecular complexity index is 239. The lowest BCUT2D eigenvalue weighted by molar-refractivity contribution is 0.186. The zero-order chi connectivity index (χ0) is 39.8. The van der Waals surface area contributed by atoms with E-state index in [1.165, 1.54) is 0 Å². The maximum Gasteiger partial charge on any atom is 0.0662 e. The molecule has 43 heavy (non-hydrogen) atoms. The quantitative estimate of drug-likeness (QED) is 0.233. The van der Waals surface area contributed by atoms with E-state index in [-0.39, 0.29) is 26.4 Å². The molecule has 4 N–H and O–H groups in total. The molecule has 0 spiro atoms. The third kappa shape index (κ3) is 15500. The van der Waals surface area contributed by atoms with E-state index in [2.05, 4.69) is 138 Å². The molecule has 0 saturated carbocycles. The molecule has 0 fully saturated rings. The van der Waals surface area contributed by atoms with Crippen molar-refractivity contribution in [2.24, 2.45) is 0 Å². The van der Waals surface area contributed by atoms with E-state index in [1.807, 2.05) is 48.5 Å². The molecule has 0 aliphatic rings. The average molecular weight is 615 g/mol. The van der Waals surface area contributed by atoms with Crippen LogP contribution < -0.4 is 0 Å². The Labute approximate surface area is 275 Å². The van der Waals surface area contributed by atoms with Crippen LogP contribution in [-0.4, -0.2) is 46.9 Å². The Morgan fingerprint density at radius 3 is 0.279 bits per heavy atom. The fraction of sp³-hybridized carbons (Fsp3) is 0.282. The van der Waals surface area contributed by atoms with Gasteiger partial charge in [-0.05, 0) is 48.5 Å². The smallest absolute Gasteiger partial charge is 0.0662 e. The fourth-order valence-electron chi connectivity index (χ4n) is 0. The summed E-state index contributed by atoms with van der Waals surface area (Å²) in [5.41, 5.74) is 0. The Hall–Kier alpha value is -3.80. The Morgan fingerprint density at radius 2 is 0.279 bits per heavy atom. The van der Waals surface area contributed by atoms with Gasteiger partial charge < -0.3 is 20.4 Å². The predicted molar refractivity (Wildman–Crippen MR) is 218 cm³/mol. The van der Waals surface area contributed by atoms with Crippen LogP contribution in [0.4, 0.5) is 0 Å². The van der Waals surface area contributed by atoms with Crippen LogP contribution in [0.5, 0.6) is 0 Å². The summed E-state index contributed by atoms with van der Waals surface area (Å²) in [4.78, 5) is 0. The number of allylic oxidation sites excluding steroid dienone is 7. The average Bonchev–Trinajstić information content (AvgIpc) is 3.07. The largest absolute Gasteiger partial charge is 0.394 e. The number of hydrogen-bond acceptors (Lipinski definition) is 4. The molecular formula is C39H82O4. The van der Waals surface area contributed by atoms with Crippen LogP contribution in [0.1, 0.15) is 48.5 Å². The van der Waals surface area contributed by atoms with E-state index in [1.54, 1.807) is 42.5 Å². The van der Waals surface area contributed by atoms with Crippen molar-refractivity contribution in [3.8, 4) is 0 Å². The molecule has 0 saturated heterocycles. The van der Waals surface area contributed by atoms with E-state index in [9.17, 15) is 0 Å². The second-order valence-corrected chi connectivity index (χ2v) is 3.75. The molecule has 262 valence electrons. The molecule has 0 aromatic heterocycles. The van der Waals surface area contributed by atoms with Crippen molar-refractivity contribution in [1.82, 2.24) is 0 Å². The molecule has 0 heterocycles. The molecule has 0 aromatic carbocycles. The zero-order valence-corrected chi connectivity index (χ0v) is 30.5. The van der Waals surface area contributed by atoms with Gasteiger partial charge in [0.05, 0.1) is 26.4 Å². The summed E-state index contributed by atoms with van der Waals surface area (Å²) in [5, 5.41) is 30.5. The molecule has 0 amide bonds. The highest BCUT2D eigenvalue weighted by Crippen LogP contribution is 1.41. The van der Waals surface area contributed by atoms with E-state index < -0.39 is 0 Å². The number of aliphatic hydroxyl groups is 4. The van der Waals surface area contributed by atoms with Gasteiger partial charge in [0.1, 0.15) is 0 Å². The number of aliphatic hydroxyl groups excluding tert-OH is 4. The van der Waals surface area contributed by atoms with Crippen molar-refractivity contribution >= 4 is 0 Å². The molecule has 4 nitrogen and oxygen atoms in total. The molecule has 4 heteroatoms. The van der Waals surface area contributed by atoms with Crippen molar-refractivity contribution in [3.63, 3.8) is 0 Å². The van der Waals surface area contributed by atoms with Gasteiger partial charge in [-0.3, -0.25) is 0 Å². The molecule has 0 radical (unpaired) electrons. The summed E-state index contributed by atoms with van der Waals surface area (Å²) < 4.78 is 0. The van der Waals surface area contributed by atoms with Crippen LogP contribution in [-0.2, 0) is 0 Å². The molecular weight excluding hydrogens is 532 g/mol. The summed E-state index contributed by atoms with van der Waals surface area (Å²) >= 11 is 0. The van der Waals surface area contributed by atoms with Gasteiger partial charge in [-0.15, -0.1) is 138 Å². The highest BCUT2D eigenvalue weighted by Gasteiger charge is 1.58. The zero-order valence-electron chi connectivity index (χ0n) is 30.5. The normalized spacial score (nSPS) is 4.16. The van der Waals surface area contributed by atoms with E-state index in [0.29, 0.717) is 0 Å². The van der Waals surface area contributed by atoms with Crippen LogP contribution in [0.3, 0.4) is 0 Å². The SMILES string of the molecule is C=C.C=C.C=C.C=C.C=C.C=C.C=C.C=CC.C=CC.C=CC.C=CC.C=CC.C=CC.C=CC.OCCO.OCCO. The Kier molecular flexibility index (Phi) is 2520. The number of hydrogen-bond donors (Lipinski definition) is 4. The van der Waals surface area contributed by atoms with Crippen LogP contribution in [0.2, 0.25) is 0 Å². The molecule has 0 bridgehead atoms. The highest BCUT2D eigenvalue weighted by atomic mass is 16.3. The first-order valence-electron chi connectivity index (χ1n) is 12.7. The third-order valence-corrected chi connectivity index (χ3v) is 0.200. The third-order valence-electron chi connectivity index (χ3n) is 0.200. The topological polar surface area (TPSA) is 80.9 Å². The second kappa shape index (κ2) is 1020. The Balaban J connectivity index is -0.0000000130. The maximum atomic E-state index is 7.62. The molecule has 0 atom stereocenters. The lowest BCUT2D eigenvalue weighted by atomic mass is 10.8. The summed E-state index contributed by atoms with van der Waals surface area (Å²) in [7, 11) is 0. The molecule has 0 rings (SSSR count). The summed E-state index contributed by atoms with van der Waals surface area (Å²) in [5.74, 6) is 0. The van der Waals surface area contributed by atoms with Gasteiger partial charge in [0, 0.05) is 0 Å². The first-order chi connectivity index (χ1) is 20.7. The minimum Gasteiger partial charge on any atom is -0.394 e.